The van der Waals surface area contributed by atoms with Gasteiger partial charge in [0.05, 0.1) is 11.4 Å². The standard InChI is InChI=1S/C16H26ClN5/c1-10(2)15-14(16(17)22(6)20-15)9-18-8-7-13-11(3)19-21(5)12(13)4/h10,18H,7-9H2,1-6H3. The molecule has 0 radical (unpaired) electrons. The van der Waals surface area contributed by atoms with Crippen molar-refractivity contribution < 1.29 is 0 Å². The molecule has 2 rings (SSSR count). The van der Waals surface area contributed by atoms with Crippen LogP contribution in [0.2, 0.25) is 5.15 Å². The minimum absolute atomic E-state index is 0.373. The smallest absolute Gasteiger partial charge is 0.131 e. The molecule has 5 nitrogen and oxygen atoms in total. The third-order valence-corrected chi connectivity index (χ3v) is 4.63. The quantitative estimate of drug-likeness (QED) is 0.832. The van der Waals surface area contributed by atoms with Crippen molar-refractivity contribution in [1.82, 2.24) is 24.9 Å². The highest BCUT2D eigenvalue weighted by molar-refractivity contribution is 6.30. The van der Waals surface area contributed by atoms with Crippen LogP contribution < -0.4 is 5.32 Å². The van der Waals surface area contributed by atoms with Crippen molar-refractivity contribution in [3.8, 4) is 0 Å². The number of halogens is 1. The van der Waals surface area contributed by atoms with Crippen LogP contribution in [0.4, 0.5) is 0 Å². The summed E-state index contributed by atoms with van der Waals surface area (Å²) in [7, 11) is 3.88. The van der Waals surface area contributed by atoms with Gasteiger partial charge in [0, 0.05) is 31.9 Å². The van der Waals surface area contributed by atoms with Gasteiger partial charge in [0.25, 0.3) is 0 Å². The first kappa shape index (κ1) is 17.0. The summed E-state index contributed by atoms with van der Waals surface area (Å²) in [6, 6.07) is 0. The molecule has 0 spiro atoms. The molecular formula is C16H26ClN5. The second-order valence-electron chi connectivity index (χ2n) is 6.13. The van der Waals surface area contributed by atoms with Gasteiger partial charge in [0.2, 0.25) is 0 Å². The summed E-state index contributed by atoms with van der Waals surface area (Å²) in [6.07, 6.45) is 0.973. The van der Waals surface area contributed by atoms with Gasteiger partial charge < -0.3 is 5.32 Å². The molecule has 0 aliphatic carbocycles. The maximum atomic E-state index is 6.35. The van der Waals surface area contributed by atoms with E-state index in [0.717, 1.165) is 41.6 Å². The van der Waals surface area contributed by atoms with Gasteiger partial charge in [-0.1, -0.05) is 25.4 Å². The summed E-state index contributed by atoms with van der Waals surface area (Å²) >= 11 is 6.35. The Hall–Kier alpha value is -1.33. The lowest BCUT2D eigenvalue weighted by molar-refractivity contribution is 0.670. The average molecular weight is 324 g/mol. The number of rotatable bonds is 6. The summed E-state index contributed by atoms with van der Waals surface area (Å²) in [5, 5.41) is 13.2. The zero-order valence-electron chi connectivity index (χ0n) is 14.4. The van der Waals surface area contributed by atoms with Crippen LogP contribution in [-0.4, -0.2) is 26.1 Å². The third-order valence-electron chi connectivity index (χ3n) is 4.16. The number of aromatic nitrogens is 4. The molecule has 22 heavy (non-hydrogen) atoms. The molecule has 0 amide bonds. The molecule has 0 saturated carbocycles. The fourth-order valence-corrected chi connectivity index (χ4v) is 3.00. The summed E-state index contributed by atoms with van der Waals surface area (Å²) in [5.41, 5.74) is 5.87. The molecule has 1 N–H and O–H groups in total. The lowest BCUT2D eigenvalue weighted by Gasteiger charge is -2.08. The predicted octanol–water partition coefficient (Wildman–Crippen LogP) is 2.88. The van der Waals surface area contributed by atoms with Crippen LogP contribution in [-0.2, 0) is 27.1 Å². The van der Waals surface area contributed by atoms with Crippen molar-refractivity contribution in [3.05, 3.63) is 33.4 Å². The van der Waals surface area contributed by atoms with Gasteiger partial charge in [0.1, 0.15) is 5.15 Å². The van der Waals surface area contributed by atoms with Crippen LogP contribution in [0.1, 0.15) is 48.0 Å². The van der Waals surface area contributed by atoms with Gasteiger partial charge in [-0.2, -0.15) is 10.2 Å². The summed E-state index contributed by atoms with van der Waals surface area (Å²) < 4.78 is 3.70. The molecule has 2 aromatic rings. The molecule has 2 heterocycles. The molecule has 2 aromatic heterocycles. The molecule has 0 fully saturated rings. The van der Waals surface area contributed by atoms with Crippen LogP contribution in [0.15, 0.2) is 0 Å². The van der Waals surface area contributed by atoms with E-state index >= 15 is 0 Å². The van der Waals surface area contributed by atoms with Crippen molar-refractivity contribution in [2.45, 2.75) is 46.6 Å². The Kier molecular flexibility index (Phi) is 5.29. The number of hydrogen-bond donors (Lipinski definition) is 1. The molecule has 0 aliphatic rings. The van der Waals surface area contributed by atoms with E-state index in [-0.39, 0.29) is 0 Å². The van der Waals surface area contributed by atoms with Crippen molar-refractivity contribution in [1.29, 1.82) is 0 Å². The molecule has 0 aromatic carbocycles. The fourth-order valence-electron chi connectivity index (χ4n) is 2.80. The zero-order valence-corrected chi connectivity index (χ0v) is 15.1. The van der Waals surface area contributed by atoms with E-state index in [9.17, 15) is 0 Å². The van der Waals surface area contributed by atoms with Crippen LogP contribution in [0.5, 0.6) is 0 Å². The average Bonchev–Trinajstić information content (AvgIpc) is 2.86. The van der Waals surface area contributed by atoms with E-state index in [0.29, 0.717) is 5.92 Å². The largest absolute Gasteiger partial charge is 0.312 e. The Bertz CT molecular complexity index is 654. The number of nitrogens with zero attached hydrogens (tertiary/aromatic N) is 4. The fraction of sp³-hybridized carbons (Fsp3) is 0.625. The lowest BCUT2D eigenvalue weighted by Crippen LogP contribution is -2.18. The molecule has 0 aliphatic heterocycles. The minimum atomic E-state index is 0.373. The highest BCUT2D eigenvalue weighted by Gasteiger charge is 2.16. The highest BCUT2D eigenvalue weighted by atomic mass is 35.5. The van der Waals surface area contributed by atoms with E-state index in [1.54, 1.807) is 4.68 Å². The minimum Gasteiger partial charge on any atom is -0.312 e. The van der Waals surface area contributed by atoms with Gasteiger partial charge in [-0.05, 0) is 38.3 Å². The maximum Gasteiger partial charge on any atom is 0.131 e. The zero-order chi connectivity index (χ0) is 16.4. The Morgan fingerprint density at radius 2 is 1.77 bits per heavy atom. The first-order valence-corrected chi connectivity index (χ1v) is 8.11. The molecule has 0 unspecified atom stereocenters. The van der Waals surface area contributed by atoms with E-state index in [1.165, 1.54) is 11.3 Å². The van der Waals surface area contributed by atoms with Crippen LogP contribution >= 0.6 is 11.6 Å². The Balaban J connectivity index is 1.97. The Labute approximate surface area is 137 Å². The Morgan fingerprint density at radius 3 is 2.32 bits per heavy atom. The predicted molar refractivity (Wildman–Crippen MR) is 90.4 cm³/mol. The number of aryl methyl sites for hydroxylation is 3. The molecule has 6 heteroatoms. The van der Waals surface area contributed by atoms with Crippen LogP contribution in [0.3, 0.4) is 0 Å². The van der Waals surface area contributed by atoms with E-state index in [1.807, 2.05) is 18.8 Å². The van der Waals surface area contributed by atoms with Gasteiger partial charge in [0.15, 0.2) is 0 Å². The molecule has 0 bridgehead atoms. The molecule has 0 saturated heterocycles. The summed E-state index contributed by atoms with van der Waals surface area (Å²) in [5.74, 6) is 0.373. The highest BCUT2D eigenvalue weighted by Crippen LogP contribution is 2.25. The normalized spacial score (nSPS) is 11.6. The van der Waals surface area contributed by atoms with Crippen molar-refractivity contribution in [3.63, 3.8) is 0 Å². The molecule has 0 atom stereocenters. The SMILES string of the molecule is Cc1nn(C)c(C)c1CCNCc1c(C(C)C)nn(C)c1Cl. The van der Waals surface area contributed by atoms with Crippen LogP contribution in [0.25, 0.3) is 0 Å². The van der Waals surface area contributed by atoms with Gasteiger partial charge >= 0.3 is 0 Å². The first-order chi connectivity index (χ1) is 10.3. The molecular weight excluding hydrogens is 298 g/mol. The monoisotopic (exact) mass is 323 g/mol. The van der Waals surface area contributed by atoms with E-state index in [4.69, 9.17) is 11.6 Å². The summed E-state index contributed by atoms with van der Waals surface area (Å²) in [4.78, 5) is 0. The second-order valence-corrected chi connectivity index (χ2v) is 6.49. The van der Waals surface area contributed by atoms with Gasteiger partial charge in [-0.25, -0.2) is 0 Å². The van der Waals surface area contributed by atoms with E-state index in [2.05, 4.69) is 43.2 Å². The van der Waals surface area contributed by atoms with Crippen molar-refractivity contribution >= 4 is 11.6 Å². The van der Waals surface area contributed by atoms with Gasteiger partial charge in [-0.3, -0.25) is 9.36 Å². The topological polar surface area (TPSA) is 47.7 Å². The molecule has 122 valence electrons. The summed E-state index contributed by atoms with van der Waals surface area (Å²) in [6.45, 7) is 10.1. The Morgan fingerprint density at radius 1 is 1.09 bits per heavy atom. The first-order valence-electron chi connectivity index (χ1n) is 7.74. The van der Waals surface area contributed by atoms with Crippen LogP contribution in [0, 0.1) is 13.8 Å². The number of hydrogen-bond acceptors (Lipinski definition) is 3. The van der Waals surface area contributed by atoms with Crippen molar-refractivity contribution in [2.75, 3.05) is 6.54 Å². The second kappa shape index (κ2) is 6.84. The lowest BCUT2D eigenvalue weighted by atomic mass is 10.1. The van der Waals surface area contributed by atoms with E-state index < -0.39 is 0 Å². The third kappa shape index (κ3) is 3.36. The van der Waals surface area contributed by atoms with Gasteiger partial charge in [-0.15, -0.1) is 0 Å². The maximum absolute atomic E-state index is 6.35. The number of nitrogens with one attached hydrogen (secondary N) is 1. The van der Waals surface area contributed by atoms with Crippen molar-refractivity contribution in [2.24, 2.45) is 14.1 Å².